The Hall–Kier alpha value is -3.69. The Labute approximate surface area is 166 Å². The van der Waals surface area contributed by atoms with E-state index in [0.717, 1.165) is 0 Å². The molecular weight excluding hydrogens is 380 g/mol. The van der Waals surface area contributed by atoms with Gasteiger partial charge in [-0.05, 0) is 25.8 Å². The van der Waals surface area contributed by atoms with Crippen molar-refractivity contribution in [1.29, 1.82) is 0 Å². The number of esters is 1. The Balaban J connectivity index is 2.18. The molecule has 0 aliphatic carbocycles. The number of ether oxygens (including phenoxy) is 1. The van der Waals surface area contributed by atoms with Crippen LogP contribution in [0.25, 0.3) is 0 Å². The zero-order valence-electron chi connectivity index (χ0n) is 15.9. The van der Waals surface area contributed by atoms with Gasteiger partial charge in [0.25, 0.3) is 5.69 Å². The molecule has 1 aromatic carbocycles. The molecule has 2 aromatic rings. The molecule has 2 heterocycles. The van der Waals surface area contributed by atoms with E-state index in [-0.39, 0.29) is 30.7 Å². The molecule has 1 aliphatic heterocycles. The quantitative estimate of drug-likeness (QED) is 0.411. The molecule has 10 nitrogen and oxygen atoms in total. The van der Waals surface area contributed by atoms with E-state index in [1.54, 1.807) is 30.5 Å². The number of fused-ring (bicyclic) bond motifs is 1. The number of carbonyl (C=O) groups excluding carboxylic acids is 1. The Bertz CT molecular complexity index is 1010. The normalized spacial score (nSPS) is 15.4. The number of benzene rings is 1. The summed E-state index contributed by atoms with van der Waals surface area (Å²) in [6.07, 6.45) is 1.60. The van der Waals surface area contributed by atoms with E-state index < -0.39 is 22.9 Å². The molecule has 0 amide bonds. The number of carboxylic acid groups (broad SMARTS) is 1. The van der Waals surface area contributed by atoms with E-state index in [0.29, 0.717) is 22.9 Å². The number of nitrogens with one attached hydrogen (secondary N) is 1. The van der Waals surface area contributed by atoms with E-state index in [4.69, 9.17) is 9.84 Å². The number of rotatable bonds is 7. The zero-order valence-corrected chi connectivity index (χ0v) is 15.9. The number of allylic oxidation sites excluding steroid dienone is 1. The summed E-state index contributed by atoms with van der Waals surface area (Å²) in [5.41, 5.74) is 1.77. The highest BCUT2D eigenvalue weighted by molar-refractivity contribution is 5.92. The monoisotopic (exact) mass is 400 g/mol. The van der Waals surface area contributed by atoms with Crippen molar-refractivity contribution < 1.29 is 24.4 Å². The lowest BCUT2D eigenvalue weighted by atomic mass is 9.94. The van der Waals surface area contributed by atoms with Gasteiger partial charge in [0.2, 0.25) is 5.95 Å². The van der Waals surface area contributed by atoms with Crippen LogP contribution in [0.2, 0.25) is 0 Å². The highest BCUT2D eigenvalue weighted by Crippen LogP contribution is 2.38. The van der Waals surface area contributed by atoms with Gasteiger partial charge in [0.15, 0.2) is 0 Å². The molecule has 0 bridgehead atoms. The first kappa shape index (κ1) is 20.1. The Morgan fingerprint density at radius 2 is 2.17 bits per heavy atom. The summed E-state index contributed by atoms with van der Waals surface area (Å²) >= 11 is 0. The summed E-state index contributed by atoms with van der Waals surface area (Å²) in [6, 6.07) is 5.25. The van der Waals surface area contributed by atoms with Gasteiger partial charge in [0, 0.05) is 23.5 Å². The predicted octanol–water partition coefficient (Wildman–Crippen LogP) is 2.66. The summed E-state index contributed by atoms with van der Waals surface area (Å²) in [7, 11) is 0. The molecule has 1 unspecified atom stereocenters. The fourth-order valence-electron chi connectivity index (χ4n) is 3.36. The van der Waals surface area contributed by atoms with Crippen LogP contribution in [0.15, 0.2) is 41.7 Å². The third kappa shape index (κ3) is 3.96. The van der Waals surface area contributed by atoms with E-state index in [9.17, 15) is 19.7 Å². The van der Waals surface area contributed by atoms with Crippen LogP contribution in [0.4, 0.5) is 11.6 Å². The number of carboxylic acids is 1. The minimum absolute atomic E-state index is 0.115. The molecule has 0 fully saturated rings. The van der Waals surface area contributed by atoms with Gasteiger partial charge in [-0.1, -0.05) is 12.1 Å². The molecule has 2 N–H and O–H groups in total. The number of hydrogen-bond donors (Lipinski definition) is 2. The molecule has 0 saturated carbocycles. The van der Waals surface area contributed by atoms with Gasteiger partial charge >= 0.3 is 11.9 Å². The fourth-order valence-corrected chi connectivity index (χ4v) is 3.36. The second-order valence-electron chi connectivity index (χ2n) is 6.48. The molecular formula is C19H20N4O6. The van der Waals surface area contributed by atoms with Crippen LogP contribution in [0.5, 0.6) is 0 Å². The standard InChI is InChI=1S/C19H20N4O6/c1-3-29-18(26)16-11(2)21-19-20-10-14(7-8-15(24)25)22(19)17(16)12-5-4-6-13(9-12)23(27)28/h4-6,9-10,17H,3,7-8H2,1-2H3,(H,20,21)(H,24,25). The Morgan fingerprint density at radius 3 is 2.83 bits per heavy atom. The molecule has 3 rings (SSSR count). The van der Waals surface area contributed by atoms with Crippen molar-refractivity contribution in [2.45, 2.75) is 32.7 Å². The number of nitro benzene ring substituents is 1. The lowest BCUT2D eigenvalue weighted by Gasteiger charge is -2.31. The van der Waals surface area contributed by atoms with Crippen LogP contribution in [-0.4, -0.2) is 38.1 Å². The van der Waals surface area contributed by atoms with Crippen molar-refractivity contribution >= 4 is 23.6 Å². The van der Waals surface area contributed by atoms with Crippen molar-refractivity contribution in [3.05, 3.63) is 63.1 Å². The average molecular weight is 400 g/mol. The van der Waals surface area contributed by atoms with Crippen molar-refractivity contribution in [3.63, 3.8) is 0 Å². The second kappa shape index (κ2) is 8.13. The first-order valence-electron chi connectivity index (χ1n) is 9.00. The number of aliphatic carboxylic acids is 1. The summed E-state index contributed by atoms with van der Waals surface area (Å²) in [5, 5.41) is 23.4. The number of nitrogens with zero attached hydrogens (tertiary/aromatic N) is 3. The number of anilines is 1. The molecule has 29 heavy (non-hydrogen) atoms. The lowest BCUT2D eigenvalue weighted by Crippen LogP contribution is -2.30. The first-order chi connectivity index (χ1) is 13.8. The van der Waals surface area contributed by atoms with Crippen LogP contribution in [0.3, 0.4) is 0 Å². The number of imidazole rings is 1. The molecule has 0 radical (unpaired) electrons. The molecule has 1 aliphatic rings. The average Bonchev–Trinajstić information content (AvgIpc) is 3.07. The number of aromatic nitrogens is 2. The number of aryl methyl sites for hydroxylation is 1. The van der Waals surface area contributed by atoms with Crippen molar-refractivity contribution in [1.82, 2.24) is 9.55 Å². The highest BCUT2D eigenvalue weighted by atomic mass is 16.6. The van der Waals surface area contributed by atoms with E-state index in [2.05, 4.69) is 10.3 Å². The molecule has 10 heteroatoms. The minimum Gasteiger partial charge on any atom is -0.481 e. The van der Waals surface area contributed by atoms with Gasteiger partial charge in [-0.25, -0.2) is 9.78 Å². The summed E-state index contributed by atoms with van der Waals surface area (Å²) in [5.74, 6) is -1.10. The first-order valence-corrected chi connectivity index (χ1v) is 9.00. The lowest BCUT2D eigenvalue weighted by molar-refractivity contribution is -0.384. The van der Waals surface area contributed by atoms with Crippen LogP contribution >= 0.6 is 0 Å². The SMILES string of the molecule is CCOC(=O)C1=C(C)Nc2ncc(CCC(=O)O)n2C1c1cccc([N+](=O)[O-])c1. The molecule has 0 spiro atoms. The molecule has 0 saturated heterocycles. The zero-order chi connectivity index (χ0) is 21.1. The number of non-ortho nitro benzene ring substituents is 1. The van der Waals surface area contributed by atoms with Crippen molar-refractivity contribution in [2.24, 2.45) is 0 Å². The van der Waals surface area contributed by atoms with Gasteiger partial charge in [-0.15, -0.1) is 0 Å². The summed E-state index contributed by atoms with van der Waals surface area (Å²) in [4.78, 5) is 38.8. The maximum Gasteiger partial charge on any atom is 0.338 e. The molecule has 1 aromatic heterocycles. The van der Waals surface area contributed by atoms with Gasteiger partial charge in [0.1, 0.15) is 0 Å². The van der Waals surface area contributed by atoms with E-state index in [1.165, 1.54) is 18.3 Å². The van der Waals surface area contributed by atoms with E-state index in [1.807, 2.05) is 0 Å². The van der Waals surface area contributed by atoms with Gasteiger partial charge < -0.3 is 19.7 Å². The number of carbonyl (C=O) groups is 2. The summed E-state index contributed by atoms with van der Waals surface area (Å²) < 4.78 is 6.91. The topological polar surface area (TPSA) is 137 Å². The maximum atomic E-state index is 12.7. The smallest absolute Gasteiger partial charge is 0.338 e. The van der Waals surface area contributed by atoms with Crippen LogP contribution < -0.4 is 5.32 Å². The van der Waals surface area contributed by atoms with Crippen LogP contribution in [0.1, 0.15) is 37.6 Å². The minimum atomic E-state index is -0.964. The highest BCUT2D eigenvalue weighted by Gasteiger charge is 2.35. The fraction of sp³-hybridized carbons (Fsp3) is 0.316. The number of nitro groups is 1. The molecule has 152 valence electrons. The van der Waals surface area contributed by atoms with Crippen molar-refractivity contribution in [3.8, 4) is 0 Å². The third-order valence-electron chi connectivity index (χ3n) is 4.60. The largest absolute Gasteiger partial charge is 0.481 e. The van der Waals surface area contributed by atoms with Gasteiger partial charge in [-0.3, -0.25) is 14.9 Å². The number of hydrogen-bond acceptors (Lipinski definition) is 7. The van der Waals surface area contributed by atoms with Crippen LogP contribution in [-0.2, 0) is 20.7 Å². The van der Waals surface area contributed by atoms with Gasteiger partial charge in [-0.2, -0.15) is 0 Å². The third-order valence-corrected chi connectivity index (χ3v) is 4.60. The Morgan fingerprint density at radius 1 is 1.41 bits per heavy atom. The summed E-state index contributed by atoms with van der Waals surface area (Å²) in [6.45, 7) is 3.55. The maximum absolute atomic E-state index is 12.7. The second-order valence-corrected chi connectivity index (χ2v) is 6.48. The van der Waals surface area contributed by atoms with Crippen molar-refractivity contribution in [2.75, 3.05) is 11.9 Å². The molecule has 1 atom stereocenters. The Kier molecular flexibility index (Phi) is 5.62. The van der Waals surface area contributed by atoms with E-state index >= 15 is 0 Å². The predicted molar refractivity (Wildman–Crippen MR) is 102 cm³/mol. The van der Waals surface area contributed by atoms with Gasteiger partial charge in [0.05, 0.1) is 35.8 Å². The van der Waals surface area contributed by atoms with Crippen LogP contribution in [0, 0.1) is 10.1 Å².